The maximum Gasteiger partial charge on any atom is 0.141 e. The predicted octanol–water partition coefficient (Wildman–Crippen LogP) is 2.52. The van der Waals surface area contributed by atoms with Gasteiger partial charge in [-0.15, -0.1) is 0 Å². The second-order valence-electron chi connectivity index (χ2n) is 3.53. The molecule has 0 aromatic carbocycles. The van der Waals surface area contributed by atoms with Gasteiger partial charge in [-0.25, -0.2) is 0 Å². The zero-order valence-electron chi connectivity index (χ0n) is 9.43. The van der Waals surface area contributed by atoms with Gasteiger partial charge in [-0.05, 0) is 25.5 Å². The van der Waals surface area contributed by atoms with Crippen LogP contribution in [0.5, 0.6) is 5.75 Å². The lowest BCUT2D eigenvalue weighted by atomic mass is 10.2. The van der Waals surface area contributed by atoms with Crippen LogP contribution in [0, 0.1) is 6.92 Å². The highest BCUT2D eigenvalue weighted by Crippen LogP contribution is 2.18. The molecule has 0 saturated carbocycles. The van der Waals surface area contributed by atoms with Gasteiger partial charge < -0.3 is 9.26 Å². The molecule has 84 valence electrons. The smallest absolute Gasteiger partial charge is 0.141 e. The van der Waals surface area contributed by atoms with E-state index in [1.807, 2.05) is 19.1 Å². The molecular weight excluding hydrogens is 204 g/mol. The number of hydrogen-bond donors (Lipinski definition) is 0. The third-order valence-corrected chi connectivity index (χ3v) is 2.27. The van der Waals surface area contributed by atoms with Gasteiger partial charge in [0.25, 0.3) is 0 Å². The average Bonchev–Trinajstić information content (AvgIpc) is 2.80. The Morgan fingerprint density at radius 1 is 1.31 bits per heavy atom. The summed E-state index contributed by atoms with van der Waals surface area (Å²) in [5, 5.41) is 3.78. The van der Waals surface area contributed by atoms with E-state index in [1.165, 1.54) is 6.26 Å². The normalized spacial score (nSPS) is 10.4. The van der Waals surface area contributed by atoms with E-state index in [-0.39, 0.29) is 0 Å². The molecule has 0 radical (unpaired) electrons. The van der Waals surface area contributed by atoms with Crippen LogP contribution in [0.4, 0.5) is 0 Å². The summed E-state index contributed by atoms with van der Waals surface area (Å²) in [7, 11) is 0. The second-order valence-corrected chi connectivity index (χ2v) is 3.53. The minimum absolute atomic E-state index is 0.411. The molecule has 0 atom stereocenters. The molecule has 0 fully saturated rings. The zero-order valence-corrected chi connectivity index (χ0v) is 9.43. The first-order chi connectivity index (χ1) is 7.79. The lowest BCUT2D eigenvalue weighted by molar-refractivity contribution is 0.285. The average molecular weight is 218 g/mol. The fourth-order valence-electron chi connectivity index (χ4n) is 1.45. The summed E-state index contributed by atoms with van der Waals surface area (Å²) >= 11 is 0. The molecule has 0 spiro atoms. The monoisotopic (exact) mass is 218 g/mol. The van der Waals surface area contributed by atoms with Crippen LogP contribution in [0.25, 0.3) is 0 Å². The van der Waals surface area contributed by atoms with Crippen LogP contribution >= 0.6 is 0 Å². The highest BCUT2D eigenvalue weighted by Gasteiger charge is 2.05. The lowest BCUT2D eigenvalue weighted by Crippen LogP contribution is -2.00. The van der Waals surface area contributed by atoms with Crippen molar-refractivity contribution in [3.05, 3.63) is 41.5 Å². The Hall–Kier alpha value is -1.84. The predicted molar refractivity (Wildman–Crippen MR) is 59.2 cm³/mol. The summed E-state index contributed by atoms with van der Waals surface area (Å²) < 4.78 is 10.4. The van der Waals surface area contributed by atoms with E-state index in [9.17, 15) is 0 Å². The Labute approximate surface area is 94.2 Å². The Bertz CT molecular complexity index is 452. The van der Waals surface area contributed by atoms with Gasteiger partial charge in [0.05, 0.1) is 5.69 Å². The fraction of sp³-hybridized carbons (Fsp3) is 0.333. The van der Waals surface area contributed by atoms with Crippen molar-refractivity contribution in [1.29, 1.82) is 0 Å². The van der Waals surface area contributed by atoms with Crippen LogP contribution in [0.15, 0.2) is 29.0 Å². The van der Waals surface area contributed by atoms with Crippen LogP contribution in [-0.4, -0.2) is 10.1 Å². The fourth-order valence-corrected chi connectivity index (χ4v) is 1.45. The maximum atomic E-state index is 5.64. The molecule has 0 unspecified atom stereocenters. The molecule has 2 heterocycles. The molecule has 16 heavy (non-hydrogen) atoms. The largest absolute Gasteiger partial charge is 0.485 e. The molecule has 0 bridgehead atoms. The van der Waals surface area contributed by atoms with E-state index in [2.05, 4.69) is 17.1 Å². The summed E-state index contributed by atoms with van der Waals surface area (Å²) in [6.45, 7) is 4.44. The zero-order chi connectivity index (χ0) is 11.4. The Balaban J connectivity index is 2.09. The van der Waals surface area contributed by atoms with Crippen LogP contribution in [0.1, 0.15) is 24.0 Å². The Kier molecular flexibility index (Phi) is 3.19. The van der Waals surface area contributed by atoms with Crippen molar-refractivity contribution in [2.24, 2.45) is 0 Å². The molecule has 4 nitrogen and oxygen atoms in total. The van der Waals surface area contributed by atoms with Crippen molar-refractivity contribution in [3.8, 4) is 5.75 Å². The maximum absolute atomic E-state index is 5.64. The first-order valence-electron chi connectivity index (χ1n) is 5.28. The van der Waals surface area contributed by atoms with Gasteiger partial charge in [0, 0.05) is 11.8 Å². The third-order valence-electron chi connectivity index (χ3n) is 2.27. The molecule has 0 aliphatic heterocycles. The van der Waals surface area contributed by atoms with E-state index in [1.54, 1.807) is 6.07 Å². The molecule has 0 N–H and O–H groups in total. The van der Waals surface area contributed by atoms with E-state index >= 15 is 0 Å². The van der Waals surface area contributed by atoms with E-state index in [0.29, 0.717) is 6.61 Å². The highest BCUT2D eigenvalue weighted by atomic mass is 16.5. The van der Waals surface area contributed by atoms with E-state index < -0.39 is 0 Å². The van der Waals surface area contributed by atoms with Gasteiger partial charge in [-0.3, -0.25) is 4.98 Å². The van der Waals surface area contributed by atoms with Crippen molar-refractivity contribution in [2.75, 3.05) is 0 Å². The first kappa shape index (κ1) is 10.7. The Morgan fingerprint density at radius 3 is 2.88 bits per heavy atom. The standard InChI is InChI=1S/C12H14N2O2/c1-3-11-12(5-4-9(2)13-11)15-8-10-6-7-16-14-10/h4-7H,3,8H2,1-2H3. The molecule has 2 rings (SSSR count). The lowest BCUT2D eigenvalue weighted by Gasteiger charge is -2.08. The minimum Gasteiger partial charge on any atom is -0.485 e. The molecule has 2 aromatic heterocycles. The number of pyridine rings is 1. The van der Waals surface area contributed by atoms with Gasteiger partial charge in [0.1, 0.15) is 24.3 Å². The number of ether oxygens (including phenoxy) is 1. The summed E-state index contributed by atoms with van der Waals surface area (Å²) in [5.41, 5.74) is 2.76. The third kappa shape index (κ3) is 2.39. The van der Waals surface area contributed by atoms with Crippen molar-refractivity contribution in [2.45, 2.75) is 26.9 Å². The van der Waals surface area contributed by atoms with Gasteiger partial charge in [0.2, 0.25) is 0 Å². The summed E-state index contributed by atoms with van der Waals surface area (Å²) in [5.74, 6) is 0.816. The van der Waals surface area contributed by atoms with Crippen LogP contribution in [-0.2, 0) is 13.0 Å². The molecule has 0 saturated heterocycles. The van der Waals surface area contributed by atoms with Crippen LogP contribution in [0.2, 0.25) is 0 Å². The van der Waals surface area contributed by atoms with Crippen molar-refractivity contribution >= 4 is 0 Å². The Morgan fingerprint density at radius 2 is 2.19 bits per heavy atom. The molecule has 0 aliphatic rings. The van der Waals surface area contributed by atoms with Crippen molar-refractivity contribution in [3.63, 3.8) is 0 Å². The quantitative estimate of drug-likeness (QED) is 0.791. The minimum atomic E-state index is 0.411. The molecule has 4 heteroatoms. The summed E-state index contributed by atoms with van der Waals surface area (Å²) in [4.78, 5) is 4.42. The number of aromatic nitrogens is 2. The van der Waals surface area contributed by atoms with Crippen molar-refractivity contribution in [1.82, 2.24) is 10.1 Å². The number of rotatable bonds is 4. The number of aryl methyl sites for hydroxylation is 2. The van der Waals surface area contributed by atoms with Crippen molar-refractivity contribution < 1.29 is 9.26 Å². The summed E-state index contributed by atoms with van der Waals surface area (Å²) in [6, 6.07) is 5.67. The number of nitrogens with zero attached hydrogens (tertiary/aromatic N) is 2. The van der Waals surface area contributed by atoms with Gasteiger partial charge in [-0.1, -0.05) is 12.1 Å². The van der Waals surface area contributed by atoms with E-state index in [0.717, 1.165) is 29.3 Å². The SMILES string of the molecule is CCc1nc(C)ccc1OCc1ccon1. The molecule has 0 aliphatic carbocycles. The van der Waals surface area contributed by atoms with Gasteiger partial charge >= 0.3 is 0 Å². The molecule has 2 aromatic rings. The van der Waals surface area contributed by atoms with Gasteiger partial charge in [-0.2, -0.15) is 0 Å². The second kappa shape index (κ2) is 4.79. The van der Waals surface area contributed by atoms with Crippen LogP contribution < -0.4 is 4.74 Å². The molecular formula is C12H14N2O2. The van der Waals surface area contributed by atoms with Crippen LogP contribution in [0.3, 0.4) is 0 Å². The highest BCUT2D eigenvalue weighted by molar-refractivity contribution is 5.29. The van der Waals surface area contributed by atoms with Gasteiger partial charge in [0.15, 0.2) is 0 Å². The molecule has 0 amide bonds. The van der Waals surface area contributed by atoms with E-state index in [4.69, 9.17) is 9.26 Å². The summed E-state index contributed by atoms with van der Waals surface area (Å²) in [6.07, 6.45) is 2.39. The topological polar surface area (TPSA) is 48.2 Å². The first-order valence-corrected chi connectivity index (χ1v) is 5.28. The number of hydrogen-bond acceptors (Lipinski definition) is 4.